The topological polar surface area (TPSA) is 75.1 Å². The smallest absolute Gasteiger partial charge is 0.171 e. The highest BCUT2D eigenvalue weighted by Crippen LogP contribution is 2.34. The molecule has 0 saturated heterocycles. The third-order valence-electron chi connectivity index (χ3n) is 6.66. The lowest BCUT2D eigenvalue weighted by molar-refractivity contribution is 0.0990. The fraction of sp³-hybridized carbons (Fsp3) is 0.500. The van der Waals surface area contributed by atoms with Gasteiger partial charge in [-0.2, -0.15) is 0 Å². The molecular formula is C26H33N3O2. The molecule has 1 aliphatic heterocycles. The van der Waals surface area contributed by atoms with Crippen LogP contribution in [0.2, 0.25) is 0 Å². The standard InChI is InChI=1S/C26H33N3O2/c1-16(2)19-14-27-26(28-15-19)13-25(31)23-6-4-5-22-17(3)29-20(12-24(22)23)11-18-7-9-21(30)10-8-18/h4-6,12,14-18,21,29-30H,7-11,13H2,1-3H3. The van der Waals surface area contributed by atoms with Gasteiger partial charge in [0, 0.05) is 29.7 Å². The third-order valence-corrected chi connectivity index (χ3v) is 6.66. The fourth-order valence-electron chi connectivity index (χ4n) is 4.71. The number of Topliss-reactive ketones (excluding diaryl/α,β-unsaturated/α-hetero) is 1. The first-order valence-corrected chi connectivity index (χ1v) is 11.5. The van der Waals surface area contributed by atoms with Crippen LogP contribution in [0.3, 0.4) is 0 Å². The second kappa shape index (κ2) is 9.31. The number of hydrogen-bond acceptors (Lipinski definition) is 5. The summed E-state index contributed by atoms with van der Waals surface area (Å²) >= 11 is 0. The van der Waals surface area contributed by atoms with Crippen LogP contribution < -0.4 is 5.32 Å². The SMILES string of the molecule is CC(C)c1cnc(CC(=O)c2cccc3c2C=C(CC2CCC(O)CC2)NC3C)nc1. The zero-order chi connectivity index (χ0) is 22.0. The van der Waals surface area contributed by atoms with Crippen LogP contribution in [0.5, 0.6) is 0 Å². The Kier molecular flexibility index (Phi) is 6.51. The van der Waals surface area contributed by atoms with E-state index in [1.807, 2.05) is 24.5 Å². The molecule has 0 amide bonds. The van der Waals surface area contributed by atoms with Crippen LogP contribution in [0, 0.1) is 5.92 Å². The van der Waals surface area contributed by atoms with Gasteiger partial charge in [0.25, 0.3) is 0 Å². The Morgan fingerprint density at radius 2 is 1.87 bits per heavy atom. The highest BCUT2D eigenvalue weighted by atomic mass is 16.3. The number of carbonyl (C=O) groups excluding carboxylic acids is 1. The predicted octanol–water partition coefficient (Wildman–Crippen LogP) is 4.97. The maximum absolute atomic E-state index is 13.2. The number of nitrogens with one attached hydrogen (secondary N) is 1. The van der Waals surface area contributed by atoms with Crippen LogP contribution in [0.1, 0.15) is 97.7 Å². The van der Waals surface area contributed by atoms with Crippen molar-refractivity contribution in [1.82, 2.24) is 15.3 Å². The number of aliphatic hydroxyl groups is 1. The summed E-state index contributed by atoms with van der Waals surface area (Å²) in [4.78, 5) is 22.0. The number of nitrogens with zero attached hydrogens (tertiary/aromatic N) is 2. The van der Waals surface area contributed by atoms with Gasteiger partial charge in [0.15, 0.2) is 5.78 Å². The van der Waals surface area contributed by atoms with Crippen molar-refractivity contribution in [3.05, 3.63) is 64.4 Å². The monoisotopic (exact) mass is 419 g/mol. The largest absolute Gasteiger partial charge is 0.393 e. The number of allylic oxidation sites excluding steroid dienone is 1. The molecule has 4 rings (SSSR count). The maximum atomic E-state index is 13.2. The molecule has 1 aromatic heterocycles. The van der Waals surface area contributed by atoms with Crippen LogP contribution in [-0.4, -0.2) is 27.0 Å². The lowest BCUT2D eigenvalue weighted by atomic mass is 9.82. The number of carbonyl (C=O) groups is 1. The highest BCUT2D eigenvalue weighted by Gasteiger charge is 2.25. The molecule has 0 spiro atoms. The third kappa shape index (κ3) is 5.04. The molecule has 164 valence electrons. The minimum absolute atomic E-state index is 0.0552. The Hall–Kier alpha value is -2.53. The highest BCUT2D eigenvalue weighted by molar-refractivity contribution is 6.01. The quantitative estimate of drug-likeness (QED) is 0.647. The van der Waals surface area contributed by atoms with Gasteiger partial charge in [-0.3, -0.25) is 4.79 Å². The van der Waals surface area contributed by atoms with E-state index in [0.717, 1.165) is 54.4 Å². The molecule has 1 unspecified atom stereocenters. The summed E-state index contributed by atoms with van der Waals surface area (Å²) in [6, 6.07) is 6.15. The summed E-state index contributed by atoms with van der Waals surface area (Å²) in [7, 11) is 0. The average Bonchev–Trinajstić information content (AvgIpc) is 2.75. The van der Waals surface area contributed by atoms with Gasteiger partial charge < -0.3 is 10.4 Å². The average molecular weight is 420 g/mol. The molecule has 1 fully saturated rings. The maximum Gasteiger partial charge on any atom is 0.171 e. The molecule has 2 aliphatic rings. The fourth-order valence-corrected chi connectivity index (χ4v) is 4.71. The van der Waals surface area contributed by atoms with Crippen molar-refractivity contribution in [2.24, 2.45) is 5.92 Å². The van der Waals surface area contributed by atoms with Gasteiger partial charge in [-0.05, 0) is 73.6 Å². The number of hydrogen-bond donors (Lipinski definition) is 2. The number of rotatable bonds is 6. The minimum atomic E-state index is -0.134. The molecule has 2 aromatic rings. The van der Waals surface area contributed by atoms with Crippen molar-refractivity contribution in [3.63, 3.8) is 0 Å². The van der Waals surface area contributed by atoms with E-state index in [2.05, 4.69) is 48.2 Å². The van der Waals surface area contributed by atoms with Crippen molar-refractivity contribution in [2.75, 3.05) is 0 Å². The Bertz CT molecular complexity index is 957. The summed E-state index contributed by atoms with van der Waals surface area (Å²) in [6.07, 6.45) is 10.8. The lowest BCUT2D eigenvalue weighted by Crippen LogP contribution is -2.27. The van der Waals surface area contributed by atoms with E-state index >= 15 is 0 Å². The summed E-state index contributed by atoms with van der Waals surface area (Å²) in [5, 5.41) is 13.4. The van der Waals surface area contributed by atoms with Crippen molar-refractivity contribution in [2.45, 2.75) is 77.4 Å². The van der Waals surface area contributed by atoms with Crippen LogP contribution in [0.25, 0.3) is 6.08 Å². The van der Waals surface area contributed by atoms with E-state index in [-0.39, 0.29) is 24.3 Å². The van der Waals surface area contributed by atoms with Crippen molar-refractivity contribution in [1.29, 1.82) is 0 Å². The van der Waals surface area contributed by atoms with E-state index in [1.54, 1.807) is 0 Å². The first-order valence-electron chi connectivity index (χ1n) is 11.5. The van der Waals surface area contributed by atoms with Crippen molar-refractivity contribution in [3.8, 4) is 0 Å². The van der Waals surface area contributed by atoms with Gasteiger partial charge in [0.1, 0.15) is 5.82 Å². The zero-order valence-electron chi connectivity index (χ0n) is 18.8. The molecule has 5 nitrogen and oxygen atoms in total. The van der Waals surface area contributed by atoms with Gasteiger partial charge in [0.2, 0.25) is 0 Å². The number of aliphatic hydroxyl groups excluding tert-OH is 1. The molecular weight excluding hydrogens is 386 g/mol. The molecule has 1 atom stereocenters. The molecule has 5 heteroatoms. The summed E-state index contributed by atoms with van der Waals surface area (Å²) in [6.45, 7) is 6.36. The Morgan fingerprint density at radius 1 is 1.16 bits per heavy atom. The van der Waals surface area contributed by atoms with Crippen molar-refractivity contribution >= 4 is 11.9 Å². The first kappa shape index (κ1) is 21.7. The lowest BCUT2D eigenvalue weighted by Gasteiger charge is -2.31. The Labute approximate surface area is 185 Å². The molecule has 0 bridgehead atoms. The Morgan fingerprint density at radius 3 is 2.55 bits per heavy atom. The van der Waals surface area contributed by atoms with Crippen LogP contribution in [0.4, 0.5) is 0 Å². The number of benzene rings is 1. The van der Waals surface area contributed by atoms with E-state index < -0.39 is 0 Å². The number of fused-ring (bicyclic) bond motifs is 1. The molecule has 1 aliphatic carbocycles. The summed E-state index contributed by atoms with van der Waals surface area (Å²) < 4.78 is 0. The second-order valence-electron chi connectivity index (χ2n) is 9.41. The molecule has 1 aromatic carbocycles. The van der Waals surface area contributed by atoms with Crippen LogP contribution >= 0.6 is 0 Å². The molecule has 1 saturated carbocycles. The molecule has 0 radical (unpaired) electrons. The number of ketones is 1. The van der Waals surface area contributed by atoms with E-state index in [4.69, 9.17) is 0 Å². The predicted molar refractivity (Wildman–Crippen MR) is 123 cm³/mol. The van der Waals surface area contributed by atoms with Crippen molar-refractivity contribution < 1.29 is 9.90 Å². The van der Waals surface area contributed by atoms with Gasteiger partial charge in [-0.1, -0.05) is 32.0 Å². The normalized spacial score (nSPS) is 23.1. The van der Waals surface area contributed by atoms with Gasteiger partial charge >= 0.3 is 0 Å². The summed E-state index contributed by atoms with van der Waals surface area (Å²) in [5.41, 5.74) is 5.21. The van der Waals surface area contributed by atoms with E-state index in [1.165, 1.54) is 5.70 Å². The number of aromatic nitrogens is 2. The van der Waals surface area contributed by atoms with Gasteiger partial charge in [0.05, 0.1) is 12.5 Å². The minimum Gasteiger partial charge on any atom is -0.393 e. The molecule has 31 heavy (non-hydrogen) atoms. The second-order valence-corrected chi connectivity index (χ2v) is 9.41. The van der Waals surface area contributed by atoms with Gasteiger partial charge in [-0.15, -0.1) is 0 Å². The van der Waals surface area contributed by atoms with E-state index in [9.17, 15) is 9.90 Å². The zero-order valence-corrected chi connectivity index (χ0v) is 18.8. The van der Waals surface area contributed by atoms with E-state index in [0.29, 0.717) is 17.7 Å². The summed E-state index contributed by atoms with van der Waals surface area (Å²) in [5.74, 6) is 1.58. The van der Waals surface area contributed by atoms with Crippen LogP contribution in [0.15, 0.2) is 36.3 Å². The first-order chi connectivity index (χ1) is 14.9. The molecule has 2 N–H and O–H groups in total. The Balaban J connectivity index is 1.54. The van der Waals surface area contributed by atoms with Gasteiger partial charge in [-0.25, -0.2) is 9.97 Å². The molecule has 2 heterocycles. The van der Waals surface area contributed by atoms with Crippen LogP contribution in [-0.2, 0) is 6.42 Å².